The Labute approximate surface area is 141 Å². The maximum absolute atomic E-state index is 12.1. The number of hydrogen-bond donors (Lipinski definition) is 2. The number of carboxylic acid groups (broad SMARTS) is 1. The first-order valence-electron chi connectivity index (χ1n) is 8.28. The van der Waals surface area contributed by atoms with Gasteiger partial charge in [-0.3, -0.25) is 14.4 Å². The van der Waals surface area contributed by atoms with Gasteiger partial charge in [0.15, 0.2) is 0 Å². The molecule has 1 fully saturated rings. The third-order valence-corrected chi connectivity index (χ3v) is 4.32. The average Bonchev–Trinajstić information content (AvgIpc) is 2.59. The SMILES string of the molecule is Cc1ccc(CCC(=O)NCC(=O)N2CCCC(C(=O)O)C2)cc1. The lowest BCUT2D eigenvalue weighted by Crippen LogP contribution is -2.46. The number of benzene rings is 1. The van der Waals surface area contributed by atoms with Crippen LogP contribution in [0.3, 0.4) is 0 Å². The predicted molar refractivity (Wildman–Crippen MR) is 89.4 cm³/mol. The van der Waals surface area contributed by atoms with E-state index in [2.05, 4.69) is 5.32 Å². The first-order valence-corrected chi connectivity index (χ1v) is 8.28. The first kappa shape index (κ1) is 18.0. The van der Waals surface area contributed by atoms with Gasteiger partial charge in [0, 0.05) is 19.5 Å². The molecule has 0 aliphatic carbocycles. The Balaban J connectivity index is 1.71. The summed E-state index contributed by atoms with van der Waals surface area (Å²) < 4.78 is 0. The van der Waals surface area contributed by atoms with Crippen LogP contribution in [-0.2, 0) is 20.8 Å². The largest absolute Gasteiger partial charge is 0.481 e. The van der Waals surface area contributed by atoms with Crippen molar-refractivity contribution in [3.05, 3.63) is 35.4 Å². The number of nitrogens with one attached hydrogen (secondary N) is 1. The van der Waals surface area contributed by atoms with Gasteiger partial charge in [-0.15, -0.1) is 0 Å². The number of aryl methyl sites for hydroxylation is 2. The second-order valence-electron chi connectivity index (χ2n) is 6.28. The van der Waals surface area contributed by atoms with E-state index in [-0.39, 0.29) is 24.9 Å². The van der Waals surface area contributed by atoms with E-state index in [0.717, 1.165) is 5.56 Å². The monoisotopic (exact) mass is 332 g/mol. The van der Waals surface area contributed by atoms with Crippen molar-refractivity contribution in [3.8, 4) is 0 Å². The number of likely N-dealkylation sites (tertiary alicyclic amines) is 1. The Hall–Kier alpha value is -2.37. The normalized spacial score (nSPS) is 17.4. The molecule has 0 saturated carbocycles. The highest BCUT2D eigenvalue weighted by atomic mass is 16.4. The van der Waals surface area contributed by atoms with Crippen LogP contribution in [0.5, 0.6) is 0 Å². The topological polar surface area (TPSA) is 86.7 Å². The van der Waals surface area contributed by atoms with E-state index in [1.54, 1.807) is 0 Å². The molecule has 130 valence electrons. The molecule has 6 nitrogen and oxygen atoms in total. The van der Waals surface area contributed by atoms with Crippen molar-refractivity contribution in [2.45, 2.75) is 32.6 Å². The van der Waals surface area contributed by atoms with Crippen LogP contribution in [0.25, 0.3) is 0 Å². The van der Waals surface area contributed by atoms with E-state index >= 15 is 0 Å². The average molecular weight is 332 g/mol. The molecule has 1 aliphatic rings. The van der Waals surface area contributed by atoms with Crippen LogP contribution in [0.4, 0.5) is 0 Å². The maximum Gasteiger partial charge on any atom is 0.308 e. The molecule has 2 amide bonds. The van der Waals surface area contributed by atoms with Crippen LogP contribution in [0.15, 0.2) is 24.3 Å². The second kappa shape index (κ2) is 8.47. The summed E-state index contributed by atoms with van der Waals surface area (Å²) in [4.78, 5) is 36.5. The summed E-state index contributed by atoms with van der Waals surface area (Å²) in [6, 6.07) is 8.00. The van der Waals surface area contributed by atoms with E-state index < -0.39 is 11.9 Å². The summed E-state index contributed by atoms with van der Waals surface area (Å²) in [7, 11) is 0. The van der Waals surface area contributed by atoms with Crippen molar-refractivity contribution in [2.24, 2.45) is 5.92 Å². The minimum atomic E-state index is -0.866. The molecule has 2 N–H and O–H groups in total. The molecule has 1 saturated heterocycles. The quantitative estimate of drug-likeness (QED) is 0.824. The molecule has 6 heteroatoms. The summed E-state index contributed by atoms with van der Waals surface area (Å²) in [5, 5.41) is 11.7. The van der Waals surface area contributed by atoms with E-state index in [1.165, 1.54) is 10.5 Å². The van der Waals surface area contributed by atoms with Crippen molar-refractivity contribution >= 4 is 17.8 Å². The maximum atomic E-state index is 12.1. The molecule has 1 aliphatic heterocycles. The number of piperidine rings is 1. The van der Waals surface area contributed by atoms with E-state index in [4.69, 9.17) is 5.11 Å². The van der Waals surface area contributed by atoms with Gasteiger partial charge in [0.1, 0.15) is 0 Å². The molecule has 0 bridgehead atoms. The van der Waals surface area contributed by atoms with Crippen molar-refractivity contribution in [2.75, 3.05) is 19.6 Å². The first-order chi connectivity index (χ1) is 11.5. The van der Waals surface area contributed by atoms with Gasteiger partial charge in [-0.2, -0.15) is 0 Å². The Bertz CT molecular complexity index is 598. The minimum absolute atomic E-state index is 0.0704. The Morgan fingerprint density at radius 2 is 1.96 bits per heavy atom. The summed E-state index contributed by atoms with van der Waals surface area (Å²) in [6.07, 6.45) is 2.24. The van der Waals surface area contributed by atoms with E-state index in [0.29, 0.717) is 32.2 Å². The van der Waals surface area contributed by atoms with E-state index in [9.17, 15) is 14.4 Å². The fourth-order valence-electron chi connectivity index (χ4n) is 2.79. The molecule has 1 unspecified atom stereocenters. The number of aliphatic carboxylic acids is 1. The Morgan fingerprint density at radius 3 is 2.62 bits per heavy atom. The zero-order valence-electron chi connectivity index (χ0n) is 14.0. The number of amides is 2. The molecule has 1 atom stereocenters. The molecule has 0 radical (unpaired) electrons. The van der Waals surface area contributed by atoms with Gasteiger partial charge >= 0.3 is 5.97 Å². The van der Waals surface area contributed by atoms with Gasteiger partial charge in [-0.05, 0) is 31.7 Å². The van der Waals surface area contributed by atoms with Crippen molar-refractivity contribution in [3.63, 3.8) is 0 Å². The number of carboxylic acids is 1. The number of rotatable bonds is 6. The lowest BCUT2D eigenvalue weighted by molar-refractivity contribution is -0.145. The number of nitrogens with zero attached hydrogens (tertiary/aromatic N) is 1. The van der Waals surface area contributed by atoms with Crippen LogP contribution in [0, 0.1) is 12.8 Å². The highest BCUT2D eigenvalue weighted by Gasteiger charge is 2.27. The van der Waals surface area contributed by atoms with Gasteiger partial charge in [-0.1, -0.05) is 29.8 Å². The smallest absolute Gasteiger partial charge is 0.308 e. The molecular weight excluding hydrogens is 308 g/mol. The number of hydrogen-bond acceptors (Lipinski definition) is 3. The van der Waals surface area contributed by atoms with Crippen LogP contribution < -0.4 is 5.32 Å². The molecule has 1 heterocycles. The fourth-order valence-corrected chi connectivity index (χ4v) is 2.79. The Morgan fingerprint density at radius 1 is 1.25 bits per heavy atom. The molecular formula is C18H24N2O4. The second-order valence-corrected chi connectivity index (χ2v) is 6.28. The summed E-state index contributed by atoms with van der Waals surface area (Å²) in [5.41, 5.74) is 2.26. The predicted octanol–water partition coefficient (Wildman–Crippen LogP) is 1.37. The van der Waals surface area contributed by atoms with Gasteiger partial charge < -0.3 is 15.3 Å². The Kier molecular flexibility index (Phi) is 6.35. The minimum Gasteiger partial charge on any atom is -0.481 e. The van der Waals surface area contributed by atoms with Gasteiger partial charge in [-0.25, -0.2) is 0 Å². The van der Waals surface area contributed by atoms with E-state index in [1.807, 2.05) is 31.2 Å². The highest BCUT2D eigenvalue weighted by molar-refractivity contribution is 5.85. The van der Waals surface area contributed by atoms with Crippen molar-refractivity contribution < 1.29 is 19.5 Å². The molecule has 24 heavy (non-hydrogen) atoms. The van der Waals surface area contributed by atoms with Crippen LogP contribution in [0.1, 0.15) is 30.4 Å². The summed E-state index contributed by atoms with van der Waals surface area (Å²) >= 11 is 0. The molecule has 2 rings (SSSR count). The van der Waals surface area contributed by atoms with Gasteiger partial charge in [0.25, 0.3) is 0 Å². The summed E-state index contributed by atoms with van der Waals surface area (Å²) in [6.45, 7) is 2.73. The lowest BCUT2D eigenvalue weighted by Gasteiger charge is -2.30. The fraction of sp³-hybridized carbons (Fsp3) is 0.500. The van der Waals surface area contributed by atoms with Crippen molar-refractivity contribution in [1.82, 2.24) is 10.2 Å². The number of carbonyl (C=O) groups excluding carboxylic acids is 2. The third-order valence-electron chi connectivity index (χ3n) is 4.32. The third kappa shape index (κ3) is 5.37. The van der Waals surface area contributed by atoms with Gasteiger partial charge in [0.2, 0.25) is 11.8 Å². The van der Waals surface area contributed by atoms with Crippen molar-refractivity contribution in [1.29, 1.82) is 0 Å². The zero-order valence-corrected chi connectivity index (χ0v) is 14.0. The van der Waals surface area contributed by atoms with Crippen LogP contribution >= 0.6 is 0 Å². The highest BCUT2D eigenvalue weighted by Crippen LogP contribution is 2.16. The summed E-state index contributed by atoms with van der Waals surface area (Å²) in [5.74, 6) is -1.75. The van der Waals surface area contributed by atoms with Gasteiger partial charge in [0.05, 0.1) is 12.5 Å². The zero-order chi connectivity index (χ0) is 17.5. The van der Waals surface area contributed by atoms with Crippen LogP contribution in [-0.4, -0.2) is 47.4 Å². The molecule has 1 aromatic carbocycles. The molecule has 1 aromatic rings. The lowest BCUT2D eigenvalue weighted by atomic mass is 9.98. The molecule has 0 spiro atoms. The number of carbonyl (C=O) groups is 3. The standard InChI is InChI=1S/C18H24N2O4/c1-13-4-6-14(7-5-13)8-9-16(21)19-11-17(22)20-10-2-3-15(12-20)18(23)24/h4-7,15H,2-3,8-12H2,1H3,(H,19,21)(H,23,24). The van der Waals surface area contributed by atoms with Crippen LogP contribution in [0.2, 0.25) is 0 Å². The molecule has 0 aromatic heterocycles.